The van der Waals surface area contributed by atoms with E-state index in [0.717, 1.165) is 23.8 Å². The molecular formula is C10H17ClFN2O14P3. The van der Waals surface area contributed by atoms with Gasteiger partial charge in [0.05, 0.1) is 6.61 Å². The lowest BCUT2D eigenvalue weighted by Crippen LogP contribution is -2.50. The van der Waals surface area contributed by atoms with Crippen LogP contribution in [0.3, 0.4) is 0 Å². The van der Waals surface area contributed by atoms with Crippen LogP contribution in [0.4, 0.5) is 4.39 Å². The van der Waals surface area contributed by atoms with Crippen molar-refractivity contribution in [2.75, 3.05) is 13.3 Å². The molecule has 0 fully saturated rings. The molecule has 1 heterocycles. The van der Waals surface area contributed by atoms with Crippen molar-refractivity contribution in [2.45, 2.75) is 24.3 Å². The first-order chi connectivity index (χ1) is 13.9. The minimum absolute atomic E-state index is 0.718. The average Bonchev–Trinajstić information content (AvgIpc) is 2.54. The number of rotatable bonds is 12. The minimum Gasteiger partial charge on any atom is -0.374 e. The van der Waals surface area contributed by atoms with Crippen molar-refractivity contribution in [3.8, 4) is 0 Å². The zero-order chi connectivity index (χ0) is 24.3. The van der Waals surface area contributed by atoms with E-state index in [1.807, 2.05) is 4.98 Å². The Bertz CT molecular complexity index is 1020. The third-order valence-corrected chi connectivity index (χ3v) is 7.38. The summed E-state index contributed by atoms with van der Waals surface area (Å²) in [6.45, 7) is -2.02. The van der Waals surface area contributed by atoms with Gasteiger partial charge in [0.15, 0.2) is 11.2 Å². The highest BCUT2D eigenvalue weighted by molar-refractivity contribution is 7.66. The summed E-state index contributed by atoms with van der Waals surface area (Å²) in [4.78, 5) is 60.2. The molecule has 180 valence electrons. The maximum atomic E-state index is 13.7. The van der Waals surface area contributed by atoms with E-state index in [0.29, 0.717) is 0 Å². The lowest BCUT2D eigenvalue weighted by Gasteiger charge is -2.35. The van der Waals surface area contributed by atoms with Crippen LogP contribution in [0.25, 0.3) is 0 Å². The van der Waals surface area contributed by atoms with Crippen molar-refractivity contribution >= 4 is 35.1 Å². The van der Waals surface area contributed by atoms with Gasteiger partial charge in [-0.25, -0.2) is 22.9 Å². The van der Waals surface area contributed by atoms with Gasteiger partial charge < -0.3 is 29.4 Å². The number of aromatic nitrogens is 2. The Labute approximate surface area is 176 Å². The molecule has 0 aliphatic heterocycles. The van der Waals surface area contributed by atoms with E-state index in [9.17, 15) is 37.7 Å². The first-order valence-corrected chi connectivity index (χ1v) is 12.5. The summed E-state index contributed by atoms with van der Waals surface area (Å²) in [6, 6.07) is 0.904. The number of ether oxygens (including phenoxy) is 1. The van der Waals surface area contributed by atoms with Crippen LogP contribution in [0, 0.1) is 0 Å². The number of aromatic amines is 1. The van der Waals surface area contributed by atoms with E-state index >= 15 is 0 Å². The van der Waals surface area contributed by atoms with E-state index in [-0.39, 0.29) is 0 Å². The van der Waals surface area contributed by atoms with Gasteiger partial charge in [0.2, 0.25) is 0 Å². The minimum atomic E-state index is -5.85. The molecule has 3 unspecified atom stereocenters. The molecule has 16 nitrogen and oxygen atoms in total. The Morgan fingerprint density at radius 3 is 2.23 bits per heavy atom. The van der Waals surface area contributed by atoms with Gasteiger partial charge in [-0.15, -0.1) is 0 Å². The smallest absolute Gasteiger partial charge is 0.374 e. The second-order valence-corrected chi connectivity index (χ2v) is 10.5. The molecule has 31 heavy (non-hydrogen) atoms. The molecule has 6 N–H and O–H groups in total. The first kappa shape index (κ1) is 28.3. The third kappa shape index (κ3) is 8.94. The average molecular weight is 537 g/mol. The molecule has 0 saturated heterocycles. The van der Waals surface area contributed by atoms with Gasteiger partial charge >= 0.3 is 29.2 Å². The largest absolute Gasteiger partial charge is 0.490 e. The van der Waals surface area contributed by atoms with Gasteiger partial charge in [-0.3, -0.25) is 18.9 Å². The highest BCUT2D eigenvalue weighted by atomic mass is 35.5. The molecule has 0 bridgehead atoms. The van der Waals surface area contributed by atoms with Gasteiger partial charge in [0.25, 0.3) is 5.56 Å². The van der Waals surface area contributed by atoms with Crippen LogP contribution in [-0.4, -0.2) is 58.7 Å². The number of aliphatic hydroxyl groups excluding tert-OH is 1. The Morgan fingerprint density at radius 2 is 1.77 bits per heavy atom. The molecule has 21 heteroatoms. The zero-order valence-corrected chi connectivity index (χ0v) is 18.6. The Kier molecular flexibility index (Phi) is 9.52. The summed E-state index contributed by atoms with van der Waals surface area (Å²) in [7, 11) is -17.2. The van der Waals surface area contributed by atoms with E-state index in [2.05, 4.69) is 13.1 Å². The standard InChI is InChI=1S/C10H17ClFN2O14P3/c1-6(14-3-2-7(15)13-9(14)17)26-10(4-12,8(11)16)5-25-30(21,22)28-31(23,24)27-29(18,19)20/h2-3,6,8,16H,4-5H2,1H3,(H,21,22)(H,23,24)(H,13,15,17)(H2,18,19,20)/t6-,8-,10?/m1/s1. The van der Waals surface area contributed by atoms with Crippen LogP contribution < -0.4 is 11.2 Å². The highest BCUT2D eigenvalue weighted by Gasteiger charge is 2.46. The molecule has 0 saturated carbocycles. The van der Waals surface area contributed by atoms with Crippen molar-refractivity contribution in [3.63, 3.8) is 0 Å². The highest BCUT2D eigenvalue weighted by Crippen LogP contribution is 2.66. The van der Waals surface area contributed by atoms with Crippen molar-refractivity contribution < 1.29 is 60.6 Å². The fourth-order valence-corrected chi connectivity index (χ4v) is 5.15. The number of H-pyrrole nitrogens is 1. The number of phosphoric acid groups is 3. The van der Waals surface area contributed by atoms with Crippen LogP contribution in [-0.2, 0) is 31.6 Å². The number of hydrogen-bond acceptors (Lipinski definition) is 10. The normalized spacial score (nSPS) is 20.3. The fraction of sp³-hybridized carbons (Fsp3) is 0.600. The second kappa shape index (κ2) is 10.4. The van der Waals surface area contributed by atoms with Gasteiger partial charge in [-0.05, 0) is 6.92 Å². The molecule has 5 atom stereocenters. The summed E-state index contributed by atoms with van der Waals surface area (Å²) >= 11 is 5.47. The molecule has 0 radical (unpaired) electrons. The quantitative estimate of drug-likeness (QED) is 0.148. The fourth-order valence-electron chi connectivity index (χ4n) is 1.90. The molecule has 1 aromatic heterocycles. The van der Waals surface area contributed by atoms with Gasteiger partial charge in [0, 0.05) is 12.3 Å². The Hall–Kier alpha value is -0.770. The number of aliphatic hydroxyl groups is 1. The first-order valence-electron chi connectivity index (χ1n) is 7.58. The van der Waals surface area contributed by atoms with Crippen molar-refractivity contribution in [1.82, 2.24) is 9.55 Å². The summed E-state index contributed by atoms with van der Waals surface area (Å²) < 4.78 is 64.5. The van der Waals surface area contributed by atoms with Crippen LogP contribution in [0.2, 0.25) is 0 Å². The molecule has 0 spiro atoms. The third-order valence-electron chi connectivity index (χ3n) is 3.20. The second-order valence-electron chi connectivity index (χ2n) is 5.63. The molecule has 1 rings (SSSR count). The molecular weight excluding hydrogens is 519 g/mol. The van der Waals surface area contributed by atoms with Crippen molar-refractivity contribution in [1.29, 1.82) is 0 Å². The van der Waals surface area contributed by atoms with Crippen LogP contribution in [0.5, 0.6) is 0 Å². The zero-order valence-electron chi connectivity index (χ0n) is 15.2. The summed E-state index contributed by atoms with van der Waals surface area (Å²) in [5.74, 6) is 0. The number of phosphoric ester groups is 1. The number of nitrogens with zero attached hydrogens (tertiary/aromatic N) is 1. The number of alkyl halides is 2. The predicted molar refractivity (Wildman–Crippen MR) is 97.5 cm³/mol. The number of halogens is 2. The van der Waals surface area contributed by atoms with Crippen LogP contribution in [0.15, 0.2) is 21.9 Å². The van der Waals surface area contributed by atoms with E-state index in [4.69, 9.17) is 31.0 Å². The molecule has 0 aromatic carbocycles. The van der Waals surface area contributed by atoms with Crippen molar-refractivity contribution in [2.24, 2.45) is 0 Å². The van der Waals surface area contributed by atoms with E-state index < -0.39 is 65.4 Å². The van der Waals surface area contributed by atoms with E-state index in [1.165, 1.54) is 0 Å². The van der Waals surface area contributed by atoms with Crippen molar-refractivity contribution in [3.05, 3.63) is 33.1 Å². The monoisotopic (exact) mass is 536 g/mol. The van der Waals surface area contributed by atoms with Crippen LogP contribution >= 0.6 is 35.1 Å². The maximum absolute atomic E-state index is 13.7. The topological polar surface area (TPSA) is 244 Å². The van der Waals surface area contributed by atoms with Gasteiger partial charge in [-0.2, -0.15) is 8.62 Å². The number of hydrogen-bond donors (Lipinski definition) is 6. The Morgan fingerprint density at radius 1 is 1.19 bits per heavy atom. The molecule has 0 aliphatic carbocycles. The van der Waals surface area contributed by atoms with Crippen LogP contribution in [0.1, 0.15) is 13.2 Å². The molecule has 1 aromatic rings. The summed E-state index contributed by atoms with van der Waals surface area (Å²) in [5, 5.41) is 9.69. The van der Waals surface area contributed by atoms with Gasteiger partial charge in [0.1, 0.15) is 12.9 Å². The molecule has 0 amide bonds. The lowest BCUT2D eigenvalue weighted by atomic mass is 10.1. The number of nitrogens with one attached hydrogen (secondary N) is 1. The summed E-state index contributed by atoms with van der Waals surface area (Å²) in [5.41, 5.74) is -6.76. The Balaban J connectivity index is 3.05. The maximum Gasteiger partial charge on any atom is 0.490 e. The van der Waals surface area contributed by atoms with E-state index in [1.54, 1.807) is 0 Å². The lowest BCUT2D eigenvalue weighted by molar-refractivity contribution is -0.178. The summed E-state index contributed by atoms with van der Waals surface area (Å²) in [6.07, 6.45) is -0.518. The molecule has 0 aliphatic rings. The SMILES string of the molecule is C[C@@H](OC(CF)(COP(=O)(O)OP(=O)(O)OP(=O)(O)O)[C@@H](O)Cl)n1ccc(=O)[nH]c1=O. The van der Waals surface area contributed by atoms with Gasteiger partial charge in [-0.1, -0.05) is 11.6 Å². The predicted octanol–water partition coefficient (Wildman–Crippen LogP) is -0.319.